The number of aliphatic hydroxyl groups is 1. The maximum atomic E-state index is 13.5. The molecule has 3 N–H and O–H groups in total. The van der Waals surface area contributed by atoms with E-state index in [1.54, 1.807) is 18.2 Å². The minimum absolute atomic E-state index is 0.0320. The summed E-state index contributed by atoms with van der Waals surface area (Å²) < 4.78 is 40.1. The zero-order chi connectivity index (χ0) is 24.5. The molecular weight excluding hydrogens is 469 g/mol. The van der Waals surface area contributed by atoms with Gasteiger partial charge >= 0.3 is 6.18 Å². The molecule has 0 saturated heterocycles. The van der Waals surface area contributed by atoms with E-state index < -0.39 is 11.7 Å². The molecule has 9 heteroatoms. The van der Waals surface area contributed by atoms with Gasteiger partial charge in [-0.3, -0.25) is 4.79 Å². The van der Waals surface area contributed by atoms with Gasteiger partial charge in [0.2, 0.25) is 0 Å². The number of aromatic nitrogens is 1. The first-order chi connectivity index (χ1) is 16.2. The van der Waals surface area contributed by atoms with Crippen LogP contribution in [0, 0.1) is 0 Å². The van der Waals surface area contributed by atoms with Crippen LogP contribution in [-0.2, 0) is 12.6 Å². The fourth-order valence-electron chi connectivity index (χ4n) is 4.94. The fraction of sp³-hybridized carbons (Fsp3) is 0.400. The van der Waals surface area contributed by atoms with Gasteiger partial charge in [0, 0.05) is 17.1 Å². The van der Waals surface area contributed by atoms with Crippen LogP contribution in [0.4, 0.5) is 13.2 Å². The number of rotatable bonds is 7. The van der Waals surface area contributed by atoms with E-state index in [2.05, 4.69) is 5.32 Å². The number of alkyl halides is 3. The third kappa shape index (κ3) is 4.94. The molecule has 0 radical (unpaired) electrons. The number of fused-ring (bicyclic) bond motifs is 2. The number of halogens is 4. The Hall–Kier alpha value is -2.55. The molecule has 0 saturated carbocycles. The maximum Gasteiger partial charge on any atom is 0.416 e. The molecule has 4 rings (SSSR count). The Bertz CT molecular complexity index is 1230. The van der Waals surface area contributed by atoms with E-state index in [-0.39, 0.29) is 23.9 Å². The highest BCUT2D eigenvalue weighted by Gasteiger charge is 2.34. The molecule has 1 aromatic heterocycles. The van der Waals surface area contributed by atoms with Crippen LogP contribution in [-0.4, -0.2) is 34.7 Å². The van der Waals surface area contributed by atoms with Crippen molar-refractivity contribution in [3.63, 3.8) is 0 Å². The van der Waals surface area contributed by atoms with Gasteiger partial charge < -0.3 is 15.6 Å². The molecule has 34 heavy (non-hydrogen) atoms. The van der Waals surface area contributed by atoms with Crippen molar-refractivity contribution in [1.29, 1.82) is 0 Å². The largest absolute Gasteiger partial charge is 0.428 e. The number of benzene rings is 2. The van der Waals surface area contributed by atoms with Crippen molar-refractivity contribution in [2.75, 3.05) is 19.7 Å². The van der Waals surface area contributed by atoms with Crippen molar-refractivity contribution < 1.29 is 23.5 Å². The average molecular weight is 495 g/mol. The zero-order valence-corrected chi connectivity index (χ0v) is 19.2. The van der Waals surface area contributed by atoms with Crippen molar-refractivity contribution in [1.82, 2.24) is 10.0 Å². The smallest absolute Gasteiger partial charge is 0.416 e. The van der Waals surface area contributed by atoms with Gasteiger partial charge in [-0.2, -0.15) is 17.9 Å². The van der Waals surface area contributed by atoms with Gasteiger partial charge in [-0.1, -0.05) is 23.7 Å². The molecule has 3 aromatic rings. The molecule has 2 atom stereocenters. The predicted octanol–water partition coefficient (Wildman–Crippen LogP) is 5.09. The van der Waals surface area contributed by atoms with Gasteiger partial charge in [-0.05, 0) is 80.0 Å². The highest BCUT2D eigenvalue weighted by Crippen LogP contribution is 2.42. The van der Waals surface area contributed by atoms with Crippen molar-refractivity contribution in [2.45, 2.75) is 43.7 Å². The number of pyridine rings is 1. The van der Waals surface area contributed by atoms with Gasteiger partial charge in [0.15, 0.2) is 5.43 Å². The van der Waals surface area contributed by atoms with E-state index >= 15 is 0 Å². The van der Waals surface area contributed by atoms with Crippen molar-refractivity contribution in [2.24, 2.45) is 0 Å². The second kappa shape index (κ2) is 9.98. The number of nitrogens with zero attached hydrogens (tertiary/aromatic N) is 1. The average Bonchev–Trinajstić information content (AvgIpc) is 2.81. The quantitative estimate of drug-likeness (QED) is 0.316. The fourth-order valence-corrected chi connectivity index (χ4v) is 5.12. The lowest BCUT2D eigenvalue weighted by Gasteiger charge is -2.33. The second-order valence-corrected chi connectivity index (χ2v) is 9.17. The number of hydrogen-bond acceptors (Lipinski definition) is 4. The predicted molar refractivity (Wildman–Crippen MR) is 125 cm³/mol. The summed E-state index contributed by atoms with van der Waals surface area (Å²) in [4.78, 5) is 13.5. The van der Waals surface area contributed by atoms with Crippen molar-refractivity contribution in [3.05, 3.63) is 80.1 Å². The molecule has 0 spiro atoms. The molecule has 1 heterocycles. The molecule has 182 valence electrons. The Morgan fingerprint density at radius 1 is 1.12 bits per heavy atom. The van der Waals surface area contributed by atoms with Crippen LogP contribution in [0.25, 0.3) is 10.9 Å². The molecule has 1 aliphatic rings. The minimum atomic E-state index is -4.41. The van der Waals surface area contributed by atoms with Crippen LogP contribution >= 0.6 is 11.6 Å². The minimum Gasteiger partial charge on any atom is -0.428 e. The monoisotopic (exact) mass is 494 g/mol. The third-order valence-electron chi connectivity index (χ3n) is 6.56. The SMILES string of the molecule is O=c1c2c(n(O)c3ccc(Cl)cc13)CC(c1ccc(C(F)(F)F)cc1)CC2CCCNCCO. The van der Waals surface area contributed by atoms with Gasteiger partial charge in [0.25, 0.3) is 0 Å². The summed E-state index contributed by atoms with van der Waals surface area (Å²) in [6, 6.07) is 9.87. The van der Waals surface area contributed by atoms with E-state index in [1.807, 2.05) is 0 Å². The second-order valence-electron chi connectivity index (χ2n) is 8.73. The van der Waals surface area contributed by atoms with Gasteiger partial charge in [0.05, 0.1) is 28.8 Å². The summed E-state index contributed by atoms with van der Waals surface area (Å²) >= 11 is 6.10. The van der Waals surface area contributed by atoms with E-state index in [4.69, 9.17) is 16.7 Å². The molecule has 0 bridgehead atoms. The maximum absolute atomic E-state index is 13.5. The number of hydrogen-bond donors (Lipinski definition) is 3. The topological polar surface area (TPSA) is 74.5 Å². The summed E-state index contributed by atoms with van der Waals surface area (Å²) in [7, 11) is 0. The van der Waals surface area contributed by atoms with E-state index in [1.165, 1.54) is 12.1 Å². The highest BCUT2D eigenvalue weighted by molar-refractivity contribution is 6.31. The first-order valence-corrected chi connectivity index (χ1v) is 11.6. The van der Waals surface area contributed by atoms with Gasteiger partial charge in [-0.15, -0.1) is 0 Å². The van der Waals surface area contributed by atoms with Gasteiger partial charge in [0.1, 0.15) is 0 Å². The van der Waals surface area contributed by atoms with Crippen molar-refractivity contribution >= 4 is 22.5 Å². The number of nitrogens with one attached hydrogen (secondary N) is 1. The van der Waals surface area contributed by atoms with Crippen LogP contribution in [0.15, 0.2) is 47.3 Å². The zero-order valence-electron chi connectivity index (χ0n) is 18.4. The van der Waals surface area contributed by atoms with Crippen LogP contribution in [0.3, 0.4) is 0 Å². The Morgan fingerprint density at radius 3 is 2.53 bits per heavy atom. The van der Waals surface area contributed by atoms with Crippen LogP contribution in [0.2, 0.25) is 5.02 Å². The van der Waals surface area contributed by atoms with Gasteiger partial charge in [-0.25, -0.2) is 0 Å². The normalized spacial score (nSPS) is 18.3. The van der Waals surface area contributed by atoms with Crippen LogP contribution in [0.5, 0.6) is 0 Å². The van der Waals surface area contributed by atoms with E-state index in [0.717, 1.165) is 28.8 Å². The Morgan fingerprint density at radius 2 is 1.85 bits per heavy atom. The molecular formula is C25H26ClF3N2O3. The summed E-state index contributed by atoms with van der Waals surface area (Å²) in [6.07, 6.45) is -2.09. The van der Waals surface area contributed by atoms with E-state index in [0.29, 0.717) is 59.5 Å². The summed E-state index contributed by atoms with van der Waals surface area (Å²) in [5, 5.41) is 23.8. The van der Waals surface area contributed by atoms with Crippen molar-refractivity contribution in [3.8, 4) is 0 Å². The summed E-state index contributed by atoms with van der Waals surface area (Å²) in [6.45, 7) is 1.16. The third-order valence-corrected chi connectivity index (χ3v) is 6.80. The molecule has 2 aromatic carbocycles. The number of aliphatic hydroxyl groups excluding tert-OH is 1. The molecule has 0 fully saturated rings. The molecule has 0 amide bonds. The van der Waals surface area contributed by atoms with E-state index in [9.17, 15) is 23.2 Å². The standard InChI is InChI=1S/C25H26ClF3N2O3/c26-19-7-8-21-20(14-19)24(33)23-16(2-1-9-30-10-11-32)12-17(13-22(23)31(21)34)15-3-5-18(6-4-15)25(27,28)29/h3-8,14,16-17,30,32,34H,1-2,9-13H2. The lowest BCUT2D eigenvalue weighted by Crippen LogP contribution is -2.30. The summed E-state index contributed by atoms with van der Waals surface area (Å²) in [5.41, 5.74) is 1.25. The Labute approximate surface area is 199 Å². The Kier molecular flexibility index (Phi) is 7.21. The Balaban J connectivity index is 1.73. The molecule has 5 nitrogen and oxygen atoms in total. The molecule has 2 unspecified atom stereocenters. The molecule has 0 aliphatic heterocycles. The van der Waals surface area contributed by atoms with Crippen LogP contribution in [0.1, 0.15) is 53.5 Å². The summed E-state index contributed by atoms with van der Waals surface area (Å²) in [5.74, 6) is -0.325. The lowest BCUT2D eigenvalue weighted by molar-refractivity contribution is -0.137. The lowest BCUT2D eigenvalue weighted by atomic mass is 9.74. The molecule has 1 aliphatic carbocycles. The first kappa shape index (κ1) is 24.6. The highest BCUT2D eigenvalue weighted by atomic mass is 35.5. The first-order valence-electron chi connectivity index (χ1n) is 11.3. The van der Waals surface area contributed by atoms with Crippen LogP contribution < -0.4 is 10.7 Å².